The molecule has 2 aromatic carbocycles. The number of ether oxygens (including phenoxy) is 3. The van der Waals surface area contributed by atoms with E-state index in [0.717, 1.165) is 57.0 Å². The fourth-order valence-corrected chi connectivity index (χ4v) is 3.65. The zero-order valence-electron chi connectivity index (χ0n) is 15.5. The molecule has 1 heterocycles. The van der Waals surface area contributed by atoms with E-state index in [1.54, 1.807) is 19.2 Å². The standard InChI is InChI=1S/C21H25Cl2NO3/c1-25-21-14-16(4-3-9-24-10-12-26-13-11-24)7-8-20(21)27-15-17-18(22)5-2-6-19(17)23/h2,5-8,14H,3-4,9-13,15H2,1H3. The van der Waals surface area contributed by atoms with E-state index < -0.39 is 0 Å². The van der Waals surface area contributed by atoms with Crippen LogP contribution in [0.3, 0.4) is 0 Å². The van der Waals surface area contributed by atoms with E-state index in [1.807, 2.05) is 18.2 Å². The minimum Gasteiger partial charge on any atom is -0.493 e. The quantitative estimate of drug-likeness (QED) is 0.623. The maximum absolute atomic E-state index is 6.21. The summed E-state index contributed by atoms with van der Waals surface area (Å²) in [5.74, 6) is 1.41. The summed E-state index contributed by atoms with van der Waals surface area (Å²) in [4.78, 5) is 2.45. The van der Waals surface area contributed by atoms with E-state index >= 15 is 0 Å². The topological polar surface area (TPSA) is 30.9 Å². The molecule has 1 saturated heterocycles. The average Bonchev–Trinajstić information content (AvgIpc) is 2.69. The Balaban J connectivity index is 1.57. The molecule has 0 bridgehead atoms. The highest BCUT2D eigenvalue weighted by atomic mass is 35.5. The van der Waals surface area contributed by atoms with E-state index in [9.17, 15) is 0 Å². The second-order valence-corrected chi connectivity index (χ2v) is 7.35. The summed E-state index contributed by atoms with van der Waals surface area (Å²) in [7, 11) is 1.65. The van der Waals surface area contributed by atoms with Gasteiger partial charge in [-0.15, -0.1) is 0 Å². The Hall–Kier alpha value is -1.46. The van der Waals surface area contributed by atoms with Crippen molar-refractivity contribution in [3.8, 4) is 11.5 Å². The summed E-state index contributed by atoms with van der Waals surface area (Å²) >= 11 is 12.4. The molecule has 1 aliphatic rings. The number of aryl methyl sites for hydroxylation is 1. The molecule has 0 aromatic heterocycles. The maximum Gasteiger partial charge on any atom is 0.161 e. The Labute approximate surface area is 170 Å². The summed E-state index contributed by atoms with van der Waals surface area (Å²) < 4.78 is 16.8. The molecule has 146 valence electrons. The molecule has 0 spiro atoms. The number of nitrogens with zero attached hydrogens (tertiary/aromatic N) is 1. The van der Waals surface area contributed by atoms with Gasteiger partial charge < -0.3 is 14.2 Å². The lowest BCUT2D eigenvalue weighted by molar-refractivity contribution is 0.0374. The van der Waals surface area contributed by atoms with Gasteiger partial charge in [-0.2, -0.15) is 0 Å². The Morgan fingerprint density at radius 3 is 2.48 bits per heavy atom. The minimum atomic E-state index is 0.297. The highest BCUT2D eigenvalue weighted by Gasteiger charge is 2.12. The fraction of sp³-hybridized carbons (Fsp3) is 0.429. The maximum atomic E-state index is 6.21. The first-order valence-corrected chi connectivity index (χ1v) is 9.95. The fourth-order valence-electron chi connectivity index (χ4n) is 3.14. The summed E-state index contributed by atoms with van der Waals surface area (Å²) in [6.45, 7) is 5.13. The predicted octanol–water partition coefficient (Wildman–Crippen LogP) is 4.85. The van der Waals surface area contributed by atoms with Crippen LogP contribution in [0, 0.1) is 0 Å². The van der Waals surface area contributed by atoms with Crippen LogP contribution in [0.25, 0.3) is 0 Å². The second kappa shape index (κ2) is 10.2. The van der Waals surface area contributed by atoms with Gasteiger partial charge in [0, 0.05) is 28.7 Å². The van der Waals surface area contributed by atoms with E-state index in [4.69, 9.17) is 37.4 Å². The molecule has 1 fully saturated rings. The van der Waals surface area contributed by atoms with Crippen LogP contribution in [0.5, 0.6) is 11.5 Å². The second-order valence-electron chi connectivity index (χ2n) is 6.53. The van der Waals surface area contributed by atoms with E-state index in [0.29, 0.717) is 22.4 Å². The first kappa shape index (κ1) is 20.3. The molecular formula is C21H25Cl2NO3. The first-order valence-electron chi connectivity index (χ1n) is 9.20. The number of hydrogen-bond acceptors (Lipinski definition) is 4. The molecular weight excluding hydrogens is 385 g/mol. The molecule has 1 aliphatic heterocycles. The van der Waals surface area contributed by atoms with Gasteiger partial charge in [-0.3, -0.25) is 4.90 Å². The third-order valence-corrected chi connectivity index (χ3v) is 5.41. The van der Waals surface area contributed by atoms with Gasteiger partial charge in [0.05, 0.1) is 20.3 Å². The van der Waals surface area contributed by atoms with Crippen molar-refractivity contribution in [2.45, 2.75) is 19.4 Å². The van der Waals surface area contributed by atoms with Crippen LogP contribution < -0.4 is 9.47 Å². The highest BCUT2D eigenvalue weighted by Crippen LogP contribution is 2.31. The molecule has 2 aromatic rings. The SMILES string of the molecule is COc1cc(CCCN2CCOCC2)ccc1OCc1c(Cl)cccc1Cl. The van der Waals surface area contributed by atoms with Crippen molar-refractivity contribution in [3.63, 3.8) is 0 Å². The van der Waals surface area contributed by atoms with Gasteiger partial charge in [0.1, 0.15) is 6.61 Å². The highest BCUT2D eigenvalue weighted by molar-refractivity contribution is 6.35. The zero-order valence-corrected chi connectivity index (χ0v) is 17.1. The van der Waals surface area contributed by atoms with Gasteiger partial charge in [-0.25, -0.2) is 0 Å². The van der Waals surface area contributed by atoms with Gasteiger partial charge in [0.15, 0.2) is 11.5 Å². The van der Waals surface area contributed by atoms with Crippen LogP contribution in [-0.4, -0.2) is 44.9 Å². The normalized spacial score (nSPS) is 14.9. The van der Waals surface area contributed by atoms with E-state index in [1.165, 1.54) is 5.56 Å². The zero-order chi connectivity index (χ0) is 19.1. The van der Waals surface area contributed by atoms with Gasteiger partial charge >= 0.3 is 0 Å². The number of benzene rings is 2. The Morgan fingerprint density at radius 1 is 1.04 bits per heavy atom. The third kappa shape index (κ3) is 5.76. The summed E-state index contributed by atoms with van der Waals surface area (Å²) in [5.41, 5.74) is 2.01. The van der Waals surface area contributed by atoms with Crippen molar-refractivity contribution in [1.82, 2.24) is 4.90 Å². The first-order chi connectivity index (χ1) is 13.2. The van der Waals surface area contributed by atoms with Crippen molar-refractivity contribution in [2.24, 2.45) is 0 Å². The number of rotatable bonds is 8. The molecule has 0 atom stereocenters. The van der Waals surface area contributed by atoms with Gasteiger partial charge in [-0.05, 0) is 49.2 Å². The number of methoxy groups -OCH3 is 1. The summed E-state index contributed by atoms with van der Waals surface area (Å²) in [6.07, 6.45) is 2.11. The van der Waals surface area contributed by atoms with E-state index in [2.05, 4.69) is 11.0 Å². The predicted molar refractivity (Wildman–Crippen MR) is 109 cm³/mol. The Kier molecular flexibility index (Phi) is 7.65. The van der Waals surface area contributed by atoms with Crippen molar-refractivity contribution in [3.05, 3.63) is 57.6 Å². The monoisotopic (exact) mass is 409 g/mol. The summed E-state index contributed by atoms with van der Waals surface area (Å²) in [6, 6.07) is 11.5. The van der Waals surface area contributed by atoms with Crippen LogP contribution in [0.2, 0.25) is 10.0 Å². The molecule has 0 saturated carbocycles. The summed E-state index contributed by atoms with van der Waals surface area (Å²) in [5, 5.41) is 1.20. The Bertz CT molecular complexity index is 728. The van der Waals surface area contributed by atoms with Crippen molar-refractivity contribution >= 4 is 23.2 Å². The number of morpholine rings is 1. The van der Waals surface area contributed by atoms with Gasteiger partial charge in [-0.1, -0.05) is 35.3 Å². The van der Waals surface area contributed by atoms with Crippen LogP contribution in [-0.2, 0) is 17.8 Å². The minimum absolute atomic E-state index is 0.297. The van der Waals surface area contributed by atoms with Crippen LogP contribution in [0.1, 0.15) is 17.5 Å². The number of hydrogen-bond donors (Lipinski definition) is 0. The van der Waals surface area contributed by atoms with E-state index in [-0.39, 0.29) is 0 Å². The van der Waals surface area contributed by atoms with Crippen molar-refractivity contribution in [2.75, 3.05) is 40.0 Å². The lowest BCUT2D eigenvalue weighted by Crippen LogP contribution is -2.36. The Morgan fingerprint density at radius 2 is 1.78 bits per heavy atom. The largest absolute Gasteiger partial charge is 0.493 e. The van der Waals surface area contributed by atoms with Gasteiger partial charge in [0.2, 0.25) is 0 Å². The molecule has 27 heavy (non-hydrogen) atoms. The van der Waals surface area contributed by atoms with Crippen LogP contribution >= 0.6 is 23.2 Å². The molecule has 0 unspecified atom stereocenters. The number of halogens is 2. The van der Waals surface area contributed by atoms with Gasteiger partial charge in [0.25, 0.3) is 0 Å². The molecule has 4 nitrogen and oxygen atoms in total. The molecule has 3 rings (SSSR count). The van der Waals surface area contributed by atoms with Crippen LogP contribution in [0.4, 0.5) is 0 Å². The van der Waals surface area contributed by atoms with Crippen LogP contribution in [0.15, 0.2) is 36.4 Å². The molecule has 0 aliphatic carbocycles. The van der Waals surface area contributed by atoms with Crippen molar-refractivity contribution in [1.29, 1.82) is 0 Å². The molecule has 0 N–H and O–H groups in total. The molecule has 0 radical (unpaired) electrons. The average molecular weight is 410 g/mol. The lowest BCUT2D eigenvalue weighted by atomic mass is 10.1. The molecule has 0 amide bonds. The lowest BCUT2D eigenvalue weighted by Gasteiger charge is -2.26. The van der Waals surface area contributed by atoms with Crippen molar-refractivity contribution < 1.29 is 14.2 Å². The third-order valence-electron chi connectivity index (χ3n) is 4.71. The smallest absolute Gasteiger partial charge is 0.161 e. The molecule has 6 heteroatoms.